The molecule has 0 spiro atoms. The van der Waals surface area contributed by atoms with Gasteiger partial charge in [-0.1, -0.05) is 81.3 Å². The lowest BCUT2D eigenvalue weighted by Gasteiger charge is -2.17. The van der Waals surface area contributed by atoms with Crippen molar-refractivity contribution >= 4 is 21.9 Å². The first kappa shape index (κ1) is 28.7. The van der Waals surface area contributed by atoms with E-state index >= 15 is 0 Å². The number of benzene rings is 3. The Morgan fingerprint density at radius 2 is 1.43 bits per heavy atom. The summed E-state index contributed by atoms with van der Waals surface area (Å²) in [5, 5.41) is 13.2. The first-order chi connectivity index (χ1) is 18.1. The quantitative estimate of drug-likeness (QED) is 0.157. The second kappa shape index (κ2) is 16.1. The van der Waals surface area contributed by atoms with Crippen LogP contribution in [0, 0.1) is 0 Å². The summed E-state index contributed by atoms with van der Waals surface area (Å²) in [6, 6.07) is 26.1. The minimum Gasteiger partial charge on any atom is -0.508 e. The predicted molar refractivity (Wildman–Crippen MR) is 158 cm³/mol. The fourth-order valence-corrected chi connectivity index (χ4v) is 5.56. The van der Waals surface area contributed by atoms with Gasteiger partial charge in [0.05, 0.1) is 0 Å². The van der Waals surface area contributed by atoms with Crippen molar-refractivity contribution in [3.63, 3.8) is 0 Å². The van der Waals surface area contributed by atoms with E-state index < -0.39 is 10.8 Å². The number of allylic oxidation sites excluding steroid dienone is 1. The molecule has 0 saturated carbocycles. The van der Waals surface area contributed by atoms with E-state index in [1.54, 1.807) is 12.1 Å². The van der Waals surface area contributed by atoms with Gasteiger partial charge in [-0.15, -0.1) is 0 Å². The average Bonchev–Trinajstić information content (AvgIpc) is 2.93. The molecule has 0 bridgehead atoms. The Hall–Kier alpha value is -2.89. The molecule has 5 heteroatoms. The number of hydrogen-bond acceptors (Lipinski definition) is 4. The van der Waals surface area contributed by atoms with E-state index in [4.69, 9.17) is 4.74 Å². The molecule has 3 aromatic rings. The minimum absolute atomic E-state index is 0.262. The van der Waals surface area contributed by atoms with Gasteiger partial charge in [-0.3, -0.25) is 4.21 Å². The molecule has 0 fully saturated rings. The van der Waals surface area contributed by atoms with Crippen LogP contribution < -0.4 is 10.1 Å². The number of aromatic hydroxyl groups is 1. The molecule has 0 aliphatic carbocycles. The number of phenols is 1. The fraction of sp³-hybridized carbons (Fsp3) is 0.375. The van der Waals surface area contributed by atoms with Crippen LogP contribution in [0.4, 0.5) is 0 Å². The highest BCUT2D eigenvalue weighted by Gasteiger charge is 2.13. The molecule has 0 radical (unpaired) electrons. The van der Waals surface area contributed by atoms with Crippen LogP contribution in [0.3, 0.4) is 0 Å². The second-order valence-electron chi connectivity index (χ2n) is 9.15. The van der Waals surface area contributed by atoms with Crippen molar-refractivity contribution in [2.45, 2.75) is 46.0 Å². The van der Waals surface area contributed by atoms with Crippen LogP contribution >= 0.6 is 0 Å². The third-order valence-electron chi connectivity index (χ3n) is 6.33. The Morgan fingerprint density at radius 3 is 2.08 bits per heavy atom. The summed E-state index contributed by atoms with van der Waals surface area (Å²) in [7, 11) is -0.684. The van der Waals surface area contributed by atoms with E-state index in [2.05, 4.69) is 55.6 Å². The number of rotatable bonds is 16. The molecule has 1 atom stereocenters. The Balaban J connectivity index is 1.58. The first-order valence-electron chi connectivity index (χ1n) is 13.5. The van der Waals surface area contributed by atoms with Gasteiger partial charge in [0, 0.05) is 28.9 Å². The summed E-state index contributed by atoms with van der Waals surface area (Å²) < 4.78 is 17.9. The van der Waals surface area contributed by atoms with Crippen LogP contribution in [0.1, 0.15) is 62.6 Å². The molecule has 3 aromatic carbocycles. The maximum absolute atomic E-state index is 12.0. The molecule has 2 N–H and O–H groups in total. The van der Waals surface area contributed by atoms with Crippen LogP contribution in [-0.4, -0.2) is 40.5 Å². The van der Waals surface area contributed by atoms with E-state index in [0.717, 1.165) is 66.3 Å². The fourth-order valence-electron chi connectivity index (χ4n) is 4.36. The third kappa shape index (κ3) is 9.49. The molecule has 0 amide bonds. The molecule has 4 nitrogen and oxygen atoms in total. The van der Waals surface area contributed by atoms with Gasteiger partial charge < -0.3 is 15.2 Å². The zero-order chi connectivity index (χ0) is 26.3. The van der Waals surface area contributed by atoms with Crippen LogP contribution in [-0.2, 0) is 10.8 Å². The van der Waals surface area contributed by atoms with E-state index in [1.807, 2.05) is 30.3 Å². The van der Waals surface area contributed by atoms with Gasteiger partial charge in [-0.05, 0) is 77.9 Å². The number of unbranched alkanes of at least 4 members (excludes halogenated alkanes) is 2. The van der Waals surface area contributed by atoms with Crippen LogP contribution in [0.5, 0.6) is 11.5 Å². The van der Waals surface area contributed by atoms with E-state index in [1.165, 1.54) is 24.0 Å². The summed E-state index contributed by atoms with van der Waals surface area (Å²) in [6.07, 6.45) is 5.23. The van der Waals surface area contributed by atoms with Crippen molar-refractivity contribution in [2.24, 2.45) is 0 Å². The topological polar surface area (TPSA) is 58.6 Å². The lowest BCUT2D eigenvalue weighted by molar-refractivity contribution is 0.314. The van der Waals surface area contributed by atoms with Crippen molar-refractivity contribution in [1.29, 1.82) is 0 Å². The van der Waals surface area contributed by atoms with Crippen molar-refractivity contribution < 1.29 is 14.1 Å². The average molecular weight is 520 g/mol. The number of ether oxygens (including phenoxy) is 1. The number of hydrogen-bond donors (Lipinski definition) is 2. The van der Waals surface area contributed by atoms with Gasteiger partial charge >= 0.3 is 0 Å². The predicted octanol–water partition coefficient (Wildman–Crippen LogP) is 7.06. The zero-order valence-corrected chi connectivity index (χ0v) is 23.1. The molecule has 0 heterocycles. The molecule has 0 aromatic heterocycles. The largest absolute Gasteiger partial charge is 0.508 e. The Morgan fingerprint density at radius 1 is 0.784 bits per heavy atom. The second-order valence-corrected chi connectivity index (χ2v) is 10.8. The van der Waals surface area contributed by atoms with Gasteiger partial charge in [-0.2, -0.15) is 0 Å². The van der Waals surface area contributed by atoms with Gasteiger partial charge in [0.2, 0.25) is 0 Å². The zero-order valence-electron chi connectivity index (χ0n) is 22.2. The van der Waals surface area contributed by atoms with Crippen LogP contribution in [0.2, 0.25) is 0 Å². The molecule has 0 aliphatic heterocycles. The molecule has 198 valence electrons. The standard InChI is InChI=1S/C32H41NO3S/c1-3-5-9-24-37(35)25-10-21-33-22-23-36-30-19-15-28(16-20-30)32(27-13-17-29(34)18-14-27)31(4-2)26-11-7-6-8-12-26/h6-8,11-20,33-34H,3-5,9-10,21-25H2,1-2H3/b32-31-. The van der Waals surface area contributed by atoms with Crippen molar-refractivity contribution in [2.75, 3.05) is 31.2 Å². The van der Waals surface area contributed by atoms with Gasteiger partial charge in [0.15, 0.2) is 0 Å². The lowest BCUT2D eigenvalue weighted by Crippen LogP contribution is -2.23. The summed E-state index contributed by atoms with van der Waals surface area (Å²) in [5.74, 6) is 2.71. The highest BCUT2D eigenvalue weighted by molar-refractivity contribution is 7.84. The molecule has 37 heavy (non-hydrogen) atoms. The van der Waals surface area contributed by atoms with Gasteiger partial charge in [0.1, 0.15) is 18.1 Å². The van der Waals surface area contributed by atoms with Crippen molar-refractivity contribution in [3.8, 4) is 11.5 Å². The van der Waals surface area contributed by atoms with E-state index in [-0.39, 0.29) is 5.75 Å². The molecular formula is C32H41NO3S. The van der Waals surface area contributed by atoms with E-state index in [9.17, 15) is 9.32 Å². The summed E-state index contributed by atoms with van der Waals surface area (Å²) >= 11 is 0. The molecule has 0 aliphatic rings. The van der Waals surface area contributed by atoms with E-state index in [0.29, 0.717) is 6.61 Å². The van der Waals surface area contributed by atoms with Crippen LogP contribution in [0.15, 0.2) is 78.9 Å². The number of nitrogens with one attached hydrogen (secondary N) is 1. The number of phenolic OH excluding ortho intramolecular Hbond substituents is 1. The summed E-state index contributed by atoms with van der Waals surface area (Å²) in [5.41, 5.74) is 5.81. The first-order valence-corrected chi connectivity index (χ1v) is 15.0. The van der Waals surface area contributed by atoms with Gasteiger partial charge in [0.25, 0.3) is 0 Å². The summed E-state index contributed by atoms with van der Waals surface area (Å²) in [6.45, 7) is 6.56. The van der Waals surface area contributed by atoms with Gasteiger partial charge in [-0.25, -0.2) is 0 Å². The molecular weight excluding hydrogens is 478 g/mol. The SMILES string of the molecule is CCCCCS(=O)CCCNCCOc1ccc(/C(=C(/CC)c2ccccc2)c2ccc(O)cc2)cc1. The Labute approximate surface area is 225 Å². The van der Waals surface area contributed by atoms with Crippen molar-refractivity contribution in [1.82, 2.24) is 5.32 Å². The summed E-state index contributed by atoms with van der Waals surface area (Å²) in [4.78, 5) is 0. The highest BCUT2D eigenvalue weighted by Crippen LogP contribution is 2.35. The minimum atomic E-state index is -0.684. The Bertz CT molecular complexity index is 1110. The third-order valence-corrected chi connectivity index (χ3v) is 7.81. The monoisotopic (exact) mass is 519 g/mol. The molecule has 0 saturated heterocycles. The maximum Gasteiger partial charge on any atom is 0.119 e. The van der Waals surface area contributed by atoms with Crippen LogP contribution in [0.25, 0.3) is 11.1 Å². The molecule has 3 rings (SSSR count). The Kier molecular flexibility index (Phi) is 12.4. The maximum atomic E-state index is 12.0. The lowest BCUT2D eigenvalue weighted by atomic mass is 9.88. The smallest absolute Gasteiger partial charge is 0.119 e. The van der Waals surface area contributed by atoms with Crippen molar-refractivity contribution in [3.05, 3.63) is 95.6 Å². The molecule has 1 unspecified atom stereocenters. The highest BCUT2D eigenvalue weighted by atomic mass is 32.2. The normalized spacial score (nSPS) is 12.7.